The summed E-state index contributed by atoms with van der Waals surface area (Å²) in [7, 11) is 0. The van der Waals surface area contributed by atoms with Crippen LogP contribution in [0.25, 0.3) is 22.7 Å². The first-order valence-electron chi connectivity index (χ1n) is 6.31. The number of rotatable bonds is 2. The van der Waals surface area contributed by atoms with Gasteiger partial charge in [-0.2, -0.15) is 5.26 Å². The van der Waals surface area contributed by atoms with Crippen LogP contribution in [0.5, 0.6) is 0 Å². The number of nitriles is 1. The van der Waals surface area contributed by atoms with Gasteiger partial charge in [-0.25, -0.2) is 4.98 Å². The number of fused-ring (bicyclic) bond motifs is 1. The van der Waals surface area contributed by atoms with E-state index in [2.05, 4.69) is 16.0 Å². The highest BCUT2D eigenvalue weighted by atomic mass is 16.3. The Bertz CT molecular complexity index is 846. The van der Waals surface area contributed by atoms with Crippen molar-refractivity contribution in [2.75, 3.05) is 0 Å². The quantitative estimate of drug-likeness (QED) is 0.714. The number of H-pyrrole nitrogens is 1. The van der Waals surface area contributed by atoms with Gasteiger partial charge < -0.3 is 9.40 Å². The summed E-state index contributed by atoms with van der Waals surface area (Å²) < 4.78 is 5.46. The lowest BCUT2D eigenvalue weighted by molar-refractivity contribution is 0.525. The summed E-state index contributed by atoms with van der Waals surface area (Å²) in [5.41, 5.74) is 3.38. The molecule has 0 radical (unpaired) electrons. The summed E-state index contributed by atoms with van der Waals surface area (Å²) in [6.07, 6.45) is 1.69. The van der Waals surface area contributed by atoms with Crippen LogP contribution in [-0.2, 0) is 0 Å². The smallest absolute Gasteiger partial charge is 0.149 e. The molecule has 0 aliphatic carbocycles. The molecule has 0 amide bonds. The molecule has 0 bridgehead atoms. The molecule has 0 aliphatic rings. The number of hydrogen-bond acceptors (Lipinski definition) is 3. The second-order valence-electron chi connectivity index (χ2n) is 4.72. The molecule has 0 unspecified atom stereocenters. The van der Waals surface area contributed by atoms with Crippen molar-refractivity contribution in [3.63, 3.8) is 0 Å². The summed E-state index contributed by atoms with van der Waals surface area (Å²) in [6, 6.07) is 11.8. The van der Waals surface area contributed by atoms with E-state index >= 15 is 0 Å². The average molecular weight is 263 g/mol. The van der Waals surface area contributed by atoms with E-state index in [9.17, 15) is 5.26 Å². The second kappa shape index (κ2) is 4.71. The van der Waals surface area contributed by atoms with Crippen LogP contribution in [0.3, 0.4) is 0 Å². The number of nitrogens with one attached hydrogen (secondary N) is 1. The van der Waals surface area contributed by atoms with Crippen molar-refractivity contribution in [2.45, 2.75) is 13.8 Å². The topological polar surface area (TPSA) is 65.6 Å². The highest BCUT2D eigenvalue weighted by Gasteiger charge is 2.09. The minimum absolute atomic E-state index is 0.452. The van der Waals surface area contributed by atoms with Crippen LogP contribution in [0.2, 0.25) is 0 Å². The van der Waals surface area contributed by atoms with Crippen molar-refractivity contribution < 1.29 is 4.42 Å². The molecule has 0 atom stereocenters. The number of nitrogens with zero attached hydrogens (tertiary/aromatic N) is 2. The molecule has 0 aliphatic heterocycles. The lowest BCUT2D eigenvalue weighted by Gasteiger charge is -1.92. The van der Waals surface area contributed by atoms with Crippen LogP contribution < -0.4 is 0 Å². The first kappa shape index (κ1) is 12.2. The molecule has 0 saturated heterocycles. The molecule has 2 aromatic heterocycles. The Morgan fingerprint density at radius 2 is 2.15 bits per heavy atom. The van der Waals surface area contributed by atoms with Gasteiger partial charge in [-0.1, -0.05) is 6.07 Å². The Labute approximate surface area is 116 Å². The van der Waals surface area contributed by atoms with Crippen LogP contribution in [0.1, 0.15) is 22.9 Å². The molecule has 4 nitrogen and oxygen atoms in total. The zero-order valence-electron chi connectivity index (χ0n) is 11.3. The Morgan fingerprint density at radius 3 is 2.85 bits per heavy atom. The third kappa shape index (κ3) is 2.21. The molecule has 0 fully saturated rings. The molecule has 0 spiro atoms. The fourth-order valence-electron chi connectivity index (χ4n) is 2.08. The predicted octanol–water partition coefficient (Wildman–Crippen LogP) is 3.84. The van der Waals surface area contributed by atoms with E-state index in [0.29, 0.717) is 17.2 Å². The number of allylic oxidation sites excluding steroid dienone is 1. The maximum atomic E-state index is 9.31. The minimum atomic E-state index is 0.452. The molecule has 3 aromatic rings. The van der Waals surface area contributed by atoms with Crippen LogP contribution in [0, 0.1) is 25.2 Å². The van der Waals surface area contributed by atoms with E-state index in [1.807, 2.05) is 44.2 Å². The zero-order valence-corrected chi connectivity index (χ0v) is 11.3. The number of aromatic nitrogens is 2. The van der Waals surface area contributed by atoms with Gasteiger partial charge in [0.15, 0.2) is 0 Å². The number of furan rings is 1. The van der Waals surface area contributed by atoms with Crippen molar-refractivity contribution in [3.05, 3.63) is 53.2 Å². The summed E-state index contributed by atoms with van der Waals surface area (Å²) in [6.45, 7) is 3.89. The van der Waals surface area contributed by atoms with E-state index < -0.39 is 0 Å². The average Bonchev–Trinajstić information content (AvgIpc) is 3.01. The number of hydrogen-bond donors (Lipinski definition) is 1. The fraction of sp³-hybridized carbons (Fsp3) is 0.125. The Morgan fingerprint density at radius 1 is 1.30 bits per heavy atom. The highest BCUT2D eigenvalue weighted by Crippen LogP contribution is 2.20. The van der Waals surface area contributed by atoms with Gasteiger partial charge >= 0.3 is 0 Å². The van der Waals surface area contributed by atoms with E-state index in [1.54, 1.807) is 6.08 Å². The summed E-state index contributed by atoms with van der Waals surface area (Å²) in [4.78, 5) is 7.61. The van der Waals surface area contributed by atoms with Crippen LogP contribution in [0.4, 0.5) is 0 Å². The molecular formula is C16H13N3O. The molecule has 4 heteroatoms. The number of imidazole rings is 1. The van der Waals surface area contributed by atoms with Gasteiger partial charge in [0, 0.05) is 6.08 Å². The predicted molar refractivity (Wildman–Crippen MR) is 77.8 cm³/mol. The number of aromatic amines is 1. The molecular weight excluding hydrogens is 250 g/mol. The molecule has 20 heavy (non-hydrogen) atoms. The maximum Gasteiger partial charge on any atom is 0.149 e. The van der Waals surface area contributed by atoms with Gasteiger partial charge in [0.1, 0.15) is 23.4 Å². The first-order chi connectivity index (χ1) is 9.65. The third-order valence-electron chi connectivity index (χ3n) is 3.06. The van der Waals surface area contributed by atoms with E-state index in [4.69, 9.17) is 4.42 Å². The lowest BCUT2D eigenvalue weighted by atomic mass is 10.2. The van der Waals surface area contributed by atoms with Crippen molar-refractivity contribution >= 4 is 22.7 Å². The van der Waals surface area contributed by atoms with E-state index in [1.165, 1.54) is 0 Å². The maximum absolute atomic E-state index is 9.31. The van der Waals surface area contributed by atoms with Gasteiger partial charge in [-0.05, 0) is 43.7 Å². The van der Waals surface area contributed by atoms with Crippen molar-refractivity contribution in [1.82, 2.24) is 9.97 Å². The molecule has 3 rings (SSSR count). The molecule has 98 valence electrons. The van der Waals surface area contributed by atoms with Crippen LogP contribution in [0.15, 0.2) is 34.7 Å². The summed E-state index contributed by atoms with van der Waals surface area (Å²) in [5, 5.41) is 9.31. The van der Waals surface area contributed by atoms with Gasteiger partial charge in [-0.15, -0.1) is 0 Å². The minimum Gasteiger partial charge on any atom is -0.462 e. The van der Waals surface area contributed by atoms with Crippen molar-refractivity contribution in [2.24, 2.45) is 0 Å². The van der Waals surface area contributed by atoms with Gasteiger partial charge in [-0.3, -0.25) is 0 Å². The molecule has 1 aromatic carbocycles. The summed E-state index contributed by atoms with van der Waals surface area (Å²) >= 11 is 0. The van der Waals surface area contributed by atoms with Crippen molar-refractivity contribution in [1.29, 1.82) is 5.26 Å². The van der Waals surface area contributed by atoms with Gasteiger partial charge in [0.25, 0.3) is 0 Å². The Balaban J connectivity index is 2.07. The SMILES string of the molecule is Cc1ccc2nc(/C(C#N)=C\c3ccc(C)o3)[nH]c2c1. The van der Waals surface area contributed by atoms with Gasteiger partial charge in [0.05, 0.1) is 16.6 Å². The number of aryl methyl sites for hydroxylation is 2. The zero-order chi connectivity index (χ0) is 14.1. The largest absolute Gasteiger partial charge is 0.462 e. The van der Waals surface area contributed by atoms with Gasteiger partial charge in [0.2, 0.25) is 0 Å². The second-order valence-corrected chi connectivity index (χ2v) is 4.72. The Kier molecular flexibility index (Phi) is 2.88. The van der Waals surface area contributed by atoms with Crippen LogP contribution in [-0.4, -0.2) is 9.97 Å². The normalized spacial score (nSPS) is 11.8. The monoisotopic (exact) mass is 263 g/mol. The van der Waals surface area contributed by atoms with E-state index in [-0.39, 0.29) is 0 Å². The van der Waals surface area contributed by atoms with Crippen molar-refractivity contribution in [3.8, 4) is 6.07 Å². The standard InChI is InChI=1S/C16H13N3O/c1-10-3-6-14-15(7-10)19-16(18-14)12(9-17)8-13-5-4-11(2)20-13/h3-8H,1-2H3,(H,18,19)/b12-8-. The molecule has 0 saturated carbocycles. The van der Waals surface area contributed by atoms with E-state index in [0.717, 1.165) is 22.4 Å². The third-order valence-corrected chi connectivity index (χ3v) is 3.06. The Hall–Kier alpha value is -2.80. The molecule has 1 N–H and O–H groups in total. The number of benzene rings is 1. The molecule has 2 heterocycles. The lowest BCUT2D eigenvalue weighted by Crippen LogP contribution is -1.84. The van der Waals surface area contributed by atoms with Crippen LogP contribution >= 0.6 is 0 Å². The fourth-order valence-corrected chi connectivity index (χ4v) is 2.08. The summed E-state index contributed by atoms with van der Waals surface area (Å²) in [5.74, 6) is 2.02. The first-order valence-corrected chi connectivity index (χ1v) is 6.31. The highest BCUT2D eigenvalue weighted by molar-refractivity contribution is 5.89.